The number of ether oxygens (including phenoxy) is 1. The molecule has 3 heteroatoms. The van der Waals surface area contributed by atoms with Gasteiger partial charge in [-0.3, -0.25) is 4.90 Å². The van der Waals surface area contributed by atoms with Gasteiger partial charge in [0.05, 0.1) is 12.2 Å². The van der Waals surface area contributed by atoms with Gasteiger partial charge >= 0.3 is 0 Å². The first kappa shape index (κ1) is 12.3. The molecule has 1 atom stereocenters. The first-order valence-corrected chi connectivity index (χ1v) is 6.75. The maximum Gasteiger partial charge on any atom is 0.0753 e. The Balaban J connectivity index is 1.79. The summed E-state index contributed by atoms with van der Waals surface area (Å²) >= 11 is 0. The van der Waals surface area contributed by atoms with E-state index in [1.807, 2.05) is 0 Å². The molecule has 2 aliphatic heterocycles. The van der Waals surface area contributed by atoms with Gasteiger partial charge in [0.15, 0.2) is 0 Å². The van der Waals surface area contributed by atoms with E-state index in [4.69, 9.17) is 4.74 Å². The minimum absolute atomic E-state index is 0.0446. The molecule has 0 aromatic rings. The fourth-order valence-electron chi connectivity index (χ4n) is 2.84. The number of rotatable bonds is 2. The van der Waals surface area contributed by atoms with Gasteiger partial charge in [-0.2, -0.15) is 0 Å². The molecule has 0 aromatic heterocycles. The highest BCUT2D eigenvalue weighted by Crippen LogP contribution is 2.18. The molecule has 0 aromatic carbocycles. The smallest absolute Gasteiger partial charge is 0.0753 e. The predicted octanol–water partition coefficient (Wildman–Crippen LogP) is 1.63. The lowest BCUT2D eigenvalue weighted by Gasteiger charge is -2.39. The van der Waals surface area contributed by atoms with E-state index in [1.165, 1.54) is 38.8 Å². The third kappa shape index (κ3) is 3.72. The van der Waals surface area contributed by atoms with Crippen molar-refractivity contribution in [1.29, 1.82) is 0 Å². The van der Waals surface area contributed by atoms with Gasteiger partial charge in [0.25, 0.3) is 0 Å². The lowest BCUT2D eigenvalue weighted by Crippen LogP contribution is -2.52. The summed E-state index contributed by atoms with van der Waals surface area (Å²) in [5, 5.41) is 3.67. The third-order valence-corrected chi connectivity index (χ3v) is 3.65. The van der Waals surface area contributed by atoms with Gasteiger partial charge in [-0.25, -0.2) is 0 Å². The van der Waals surface area contributed by atoms with Gasteiger partial charge in [-0.1, -0.05) is 12.8 Å². The van der Waals surface area contributed by atoms with Gasteiger partial charge in [0.1, 0.15) is 0 Å². The molecular weight excluding hydrogens is 200 g/mol. The quantitative estimate of drug-likeness (QED) is 0.774. The largest absolute Gasteiger partial charge is 0.373 e. The number of morpholine rings is 1. The van der Waals surface area contributed by atoms with Gasteiger partial charge < -0.3 is 10.1 Å². The maximum absolute atomic E-state index is 5.75. The van der Waals surface area contributed by atoms with Crippen LogP contribution in [-0.2, 0) is 4.74 Å². The lowest BCUT2D eigenvalue weighted by atomic mass is 10.1. The highest BCUT2D eigenvalue weighted by Gasteiger charge is 2.28. The second kappa shape index (κ2) is 5.48. The molecular formula is C13H26N2O. The van der Waals surface area contributed by atoms with Gasteiger partial charge in [0, 0.05) is 25.7 Å². The van der Waals surface area contributed by atoms with Crippen LogP contribution >= 0.6 is 0 Å². The van der Waals surface area contributed by atoms with Crippen LogP contribution in [0.3, 0.4) is 0 Å². The first-order chi connectivity index (χ1) is 7.66. The van der Waals surface area contributed by atoms with Crippen LogP contribution in [0.15, 0.2) is 0 Å². The van der Waals surface area contributed by atoms with Crippen molar-refractivity contribution in [2.75, 3.05) is 32.8 Å². The van der Waals surface area contributed by atoms with Crippen LogP contribution in [0.25, 0.3) is 0 Å². The Morgan fingerprint density at radius 3 is 3.00 bits per heavy atom. The lowest BCUT2D eigenvalue weighted by molar-refractivity contribution is -0.0876. The van der Waals surface area contributed by atoms with Crippen LogP contribution in [0.1, 0.15) is 39.5 Å². The zero-order valence-electron chi connectivity index (χ0n) is 10.8. The van der Waals surface area contributed by atoms with Crippen LogP contribution in [-0.4, -0.2) is 49.3 Å². The van der Waals surface area contributed by atoms with Crippen molar-refractivity contribution in [2.24, 2.45) is 0 Å². The van der Waals surface area contributed by atoms with Crippen molar-refractivity contribution in [3.8, 4) is 0 Å². The summed E-state index contributed by atoms with van der Waals surface area (Å²) < 4.78 is 5.75. The van der Waals surface area contributed by atoms with E-state index < -0.39 is 0 Å². The van der Waals surface area contributed by atoms with E-state index >= 15 is 0 Å². The molecule has 1 N–H and O–H groups in total. The molecule has 16 heavy (non-hydrogen) atoms. The minimum atomic E-state index is 0.0446. The Morgan fingerprint density at radius 1 is 1.31 bits per heavy atom. The van der Waals surface area contributed by atoms with E-state index in [-0.39, 0.29) is 5.60 Å². The average Bonchev–Trinajstić information content (AvgIpc) is 2.45. The fraction of sp³-hybridized carbons (Fsp3) is 1.00. The highest BCUT2D eigenvalue weighted by atomic mass is 16.5. The molecule has 2 heterocycles. The molecule has 0 saturated carbocycles. The Kier molecular flexibility index (Phi) is 4.22. The Hall–Kier alpha value is -0.120. The van der Waals surface area contributed by atoms with E-state index in [0.717, 1.165) is 19.7 Å². The molecule has 1 unspecified atom stereocenters. The monoisotopic (exact) mass is 226 g/mol. The first-order valence-electron chi connectivity index (χ1n) is 6.75. The van der Waals surface area contributed by atoms with Crippen LogP contribution < -0.4 is 5.32 Å². The van der Waals surface area contributed by atoms with E-state index in [0.29, 0.717) is 6.04 Å². The average molecular weight is 226 g/mol. The van der Waals surface area contributed by atoms with Crippen LogP contribution in [0.2, 0.25) is 0 Å². The standard InChI is InChI=1S/C13H26N2O/c1-13(2)11-15(8-9-16-13)10-12-6-4-3-5-7-14-12/h12,14H,3-11H2,1-2H3. The summed E-state index contributed by atoms with van der Waals surface area (Å²) in [5.74, 6) is 0. The molecule has 3 nitrogen and oxygen atoms in total. The molecule has 0 bridgehead atoms. The Morgan fingerprint density at radius 2 is 2.19 bits per heavy atom. The summed E-state index contributed by atoms with van der Waals surface area (Å²) in [6, 6.07) is 0.705. The molecule has 2 aliphatic rings. The number of nitrogens with one attached hydrogen (secondary N) is 1. The molecule has 0 aliphatic carbocycles. The van der Waals surface area contributed by atoms with Gasteiger partial charge in [-0.05, 0) is 33.2 Å². The molecule has 2 fully saturated rings. The molecule has 2 rings (SSSR count). The molecule has 2 saturated heterocycles. The second-order valence-corrected chi connectivity index (χ2v) is 5.84. The zero-order chi connectivity index (χ0) is 11.4. The van der Waals surface area contributed by atoms with E-state index in [9.17, 15) is 0 Å². The van der Waals surface area contributed by atoms with E-state index in [1.54, 1.807) is 0 Å². The van der Waals surface area contributed by atoms with E-state index in [2.05, 4.69) is 24.1 Å². The number of hydrogen-bond acceptors (Lipinski definition) is 3. The molecule has 0 spiro atoms. The van der Waals surface area contributed by atoms with Crippen LogP contribution in [0.5, 0.6) is 0 Å². The zero-order valence-corrected chi connectivity index (χ0v) is 10.8. The third-order valence-electron chi connectivity index (χ3n) is 3.65. The summed E-state index contributed by atoms with van der Waals surface area (Å²) in [5.41, 5.74) is 0.0446. The van der Waals surface area contributed by atoms with Crippen molar-refractivity contribution in [3.63, 3.8) is 0 Å². The fourth-order valence-corrected chi connectivity index (χ4v) is 2.84. The van der Waals surface area contributed by atoms with Crippen molar-refractivity contribution < 1.29 is 4.74 Å². The second-order valence-electron chi connectivity index (χ2n) is 5.84. The van der Waals surface area contributed by atoms with Crippen LogP contribution in [0, 0.1) is 0 Å². The van der Waals surface area contributed by atoms with Crippen molar-refractivity contribution in [1.82, 2.24) is 10.2 Å². The van der Waals surface area contributed by atoms with Crippen LogP contribution in [0.4, 0.5) is 0 Å². The molecule has 0 amide bonds. The number of nitrogens with zero attached hydrogens (tertiary/aromatic N) is 1. The summed E-state index contributed by atoms with van der Waals surface area (Å²) in [7, 11) is 0. The van der Waals surface area contributed by atoms with Crippen molar-refractivity contribution in [3.05, 3.63) is 0 Å². The molecule has 0 radical (unpaired) electrons. The van der Waals surface area contributed by atoms with Crippen molar-refractivity contribution >= 4 is 0 Å². The minimum Gasteiger partial charge on any atom is -0.373 e. The summed E-state index contributed by atoms with van der Waals surface area (Å²) in [6.45, 7) is 9.86. The van der Waals surface area contributed by atoms with Crippen molar-refractivity contribution in [2.45, 2.75) is 51.2 Å². The maximum atomic E-state index is 5.75. The number of hydrogen-bond donors (Lipinski definition) is 1. The van der Waals surface area contributed by atoms with Gasteiger partial charge in [-0.15, -0.1) is 0 Å². The highest BCUT2D eigenvalue weighted by molar-refractivity contribution is 4.82. The summed E-state index contributed by atoms with van der Waals surface area (Å²) in [4.78, 5) is 2.56. The Bertz CT molecular complexity index is 210. The summed E-state index contributed by atoms with van der Waals surface area (Å²) in [6.07, 6.45) is 5.49. The topological polar surface area (TPSA) is 24.5 Å². The predicted molar refractivity (Wildman–Crippen MR) is 66.7 cm³/mol. The Labute approximate surface area is 99.5 Å². The van der Waals surface area contributed by atoms with Gasteiger partial charge in [0.2, 0.25) is 0 Å². The molecule has 94 valence electrons. The SMILES string of the molecule is CC1(C)CN(CC2CCCCCN2)CCO1. The normalized spacial score (nSPS) is 32.2.